The molecular formula is C34H29N3O7S2. The predicted octanol–water partition coefficient (Wildman–Crippen LogP) is 5.92. The van der Waals surface area contributed by atoms with Crippen molar-refractivity contribution in [1.82, 2.24) is 4.98 Å². The van der Waals surface area contributed by atoms with E-state index in [0.29, 0.717) is 29.2 Å². The topological polar surface area (TPSA) is 132 Å². The molecule has 2 aliphatic heterocycles. The van der Waals surface area contributed by atoms with Crippen LogP contribution in [0, 0.1) is 46.6 Å². The first-order valence-corrected chi connectivity index (χ1v) is 16.8. The van der Waals surface area contributed by atoms with Gasteiger partial charge in [0.05, 0.1) is 34.6 Å². The van der Waals surface area contributed by atoms with E-state index in [-0.39, 0.29) is 52.0 Å². The number of fused-ring (bicyclic) bond motifs is 9. The predicted molar refractivity (Wildman–Crippen MR) is 173 cm³/mol. The van der Waals surface area contributed by atoms with Crippen LogP contribution in [0.4, 0.5) is 11.4 Å². The third-order valence-electron chi connectivity index (χ3n) is 10.2. The van der Waals surface area contributed by atoms with Gasteiger partial charge >= 0.3 is 4.87 Å². The number of ether oxygens (including phenoxy) is 2. The quantitative estimate of drug-likeness (QED) is 0.148. The molecule has 234 valence electrons. The summed E-state index contributed by atoms with van der Waals surface area (Å²) in [6.07, 6.45) is 0.704. The molecule has 7 atom stereocenters. The standard InChI is InChI=1S/C34H29N3O7S2/c1-16-5-3-4-6-17(16)15-44-24-12-9-19(37(41)42)13-21(24)25-26-22-14-23(29(26)45-31-30(25)46-34(40)35-31)28-27(22)32(38)36(33(28)39)18-7-10-20(43-2)11-8-18/h3-13,22-23,25-29H,14-15H2,1-2H3,(H,35,40)/t22?,23?,25-,26?,27?,28?,29?/m1/s1. The van der Waals surface area contributed by atoms with Gasteiger partial charge in [-0.25, -0.2) is 0 Å². The Bertz CT molecular complexity index is 1970. The van der Waals surface area contributed by atoms with Crippen LogP contribution in [0.2, 0.25) is 0 Å². The number of anilines is 1. The SMILES string of the molecule is COc1ccc(N2C(=O)C3C4CC(C3C2=O)C2C4Sc3[nH]c(=O)sc3[C@@H]2c2cc([N+](=O)[O-])ccc2OCc2ccccc2C)cc1. The van der Waals surface area contributed by atoms with Gasteiger partial charge in [0.1, 0.15) is 18.1 Å². The number of rotatable bonds is 7. The number of imide groups is 1. The molecule has 1 aromatic heterocycles. The van der Waals surface area contributed by atoms with Crippen molar-refractivity contribution in [2.45, 2.75) is 36.1 Å². The monoisotopic (exact) mass is 655 g/mol. The fraction of sp³-hybridized carbons (Fsp3) is 0.324. The zero-order valence-corrected chi connectivity index (χ0v) is 26.5. The maximum Gasteiger partial charge on any atom is 0.305 e. The van der Waals surface area contributed by atoms with Crippen molar-refractivity contribution in [1.29, 1.82) is 0 Å². The third-order valence-corrected chi connectivity index (χ3v) is 12.8. The highest BCUT2D eigenvalue weighted by Gasteiger charge is 2.70. The number of nitrogens with one attached hydrogen (secondary N) is 1. The van der Waals surface area contributed by atoms with Gasteiger partial charge in [0.2, 0.25) is 11.8 Å². The van der Waals surface area contributed by atoms with Crippen LogP contribution in [-0.2, 0) is 16.2 Å². The first kappa shape index (κ1) is 29.0. The molecular weight excluding hydrogens is 627 g/mol. The fourth-order valence-electron chi connectivity index (χ4n) is 8.30. The molecule has 3 aromatic carbocycles. The highest BCUT2D eigenvalue weighted by Crippen LogP contribution is 2.69. The smallest absolute Gasteiger partial charge is 0.305 e. The number of nitro groups is 1. The molecule has 1 saturated heterocycles. The van der Waals surface area contributed by atoms with Gasteiger partial charge in [-0.05, 0) is 72.6 Å². The molecule has 1 N–H and O–H groups in total. The van der Waals surface area contributed by atoms with Crippen LogP contribution < -0.4 is 19.2 Å². The van der Waals surface area contributed by atoms with Crippen LogP contribution >= 0.6 is 23.1 Å². The minimum atomic E-state index is -0.504. The molecule has 3 heterocycles. The van der Waals surface area contributed by atoms with Crippen molar-refractivity contribution in [2.75, 3.05) is 12.0 Å². The number of thiazole rings is 1. The Morgan fingerprint density at radius 2 is 1.74 bits per heavy atom. The van der Waals surface area contributed by atoms with E-state index in [1.165, 1.54) is 11.0 Å². The number of thioether (sulfide) groups is 1. The number of nitro benzene ring substituents is 1. The highest BCUT2D eigenvalue weighted by molar-refractivity contribution is 8.00. The van der Waals surface area contributed by atoms with E-state index in [2.05, 4.69) is 4.98 Å². The van der Waals surface area contributed by atoms with Crippen LogP contribution in [0.3, 0.4) is 0 Å². The molecule has 2 bridgehead atoms. The largest absolute Gasteiger partial charge is 0.497 e. The second-order valence-electron chi connectivity index (χ2n) is 12.4. The van der Waals surface area contributed by atoms with E-state index >= 15 is 0 Å². The number of carbonyl (C=O) groups excluding carboxylic acids is 2. The Kier molecular flexibility index (Phi) is 6.84. The molecule has 2 amide bonds. The molecule has 4 aromatic rings. The van der Waals surface area contributed by atoms with Gasteiger partial charge in [-0.3, -0.25) is 29.4 Å². The first-order valence-electron chi connectivity index (χ1n) is 15.1. The van der Waals surface area contributed by atoms with Crippen LogP contribution in [0.1, 0.15) is 33.9 Å². The maximum atomic E-state index is 14.1. The van der Waals surface area contributed by atoms with E-state index in [1.54, 1.807) is 55.3 Å². The van der Waals surface area contributed by atoms with Crippen LogP contribution in [0.25, 0.3) is 0 Å². The Morgan fingerprint density at radius 3 is 2.46 bits per heavy atom. The summed E-state index contributed by atoms with van der Waals surface area (Å²) in [4.78, 5) is 57.3. The van der Waals surface area contributed by atoms with Crippen molar-refractivity contribution in [2.24, 2.45) is 29.6 Å². The zero-order valence-electron chi connectivity index (χ0n) is 24.9. The van der Waals surface area contributed by atoms with Crippen molar-refractivity contribution in [3.63, 3.8) is 0 Å². The number of non-ortho nitro benzene ring substituents is 1. The van der Waals surface area contributed by atoms with Crippen LogP contribution in [-0.4, -0.2) is 34.1 Å². The van der Waals surface area contributed by atoms with Crippen molar-refractivity contribution in [3.05, 3.63) is 108 Å². The molecule has 6 unspecified atom stereocenters. The lowest BCUT2D eigenvalue weighted by Gasteiger charge is -2.43. The summed E-state index contributed by atoms with van der Waals surface area (Å²) in [5.41, 5.74) is 3.13. The summed E-state index contributed by atoms with van der Waals surface area (Å²) >= 11 is 2.68. The van der Waals surface area contributed by atoms with E-state index in [0.717, 1.165) is 32.4 Å². The molecule has 46 heavy (non-hydrogen) atoms. The third kappa shape index (κ3) is 4.33. The Morgan fingerprint density at radius 1 is 1.00 bits per heavy atom. The Hall–Kier alpha value is -4.42. The van der Waals surface area contributed by atoms with E-state index in [4.69, 9.17) is 9.47 Å². The van der Waals surface area contributed by atoms with Gasteiger partial charge in [-0.2, -0.15) is 0 Å². The summed E-state index contributed by atoms with van der Waals surface area (Å²) < 4.78 is 11.7. The maximum absolute atomic E-state index is 14.1. The van der Waals surface area contributed by atoms with E-state index in [9.17, 15) is 24.5 Å². The number of benzene rings is 3. The van der Waals surface area contributed by atoms with Crippen molar-refractivity contribution in [3.8, 4) is 11.5 Å². The fourth-order valence-corrected chi connectivity index (χ4v) is 11.2. The minimum absolute atomic E-state index is 0.0648. The van der Waals surface area contributed by atoms with Gasteiger partial charge < -0.3 is 14.5 Å². The Labute approximate surface area is 271 Å². The van der Waals surface area contributed by atoms with Crippen molar-refractivity contribution < 1.29 is 24.0 Å². The number of H-pyrrole nitrogens is 1. The molecule has 4 aliphatic rings. The summed E-state index contributed by atoms with van der Waals surface area (Å²) in [5.74, 6) is -1.01. The summed E-state index contributed by atoms with van der Waals surface area (Å²) in [6, 6.07) is 19.5. The van der Waals surface area contributed by atoms with Crippen molar-refractivity contribution >= 4 is 46.3 Å². The Balaban J connectivity index is 1.21. The van der Waals surface area contributed by atoms with Gasteiger partial charge in [0.25, 0.3) is 5.69 Å². The van der Waals surface area contributed by atoms with Crippen LogP contribution in [0.5, 0.6) is 11.5 Å². The summed E-state index contributed by atoms with van der Waals surface area (Å²) in [6.45, 7) is 2.27. The first-order chi connectivity index (χ1) is 22.2. The van der Waals surface area contributed by atoms with Crippen LogP contribution in [0.15, 0.2) is 76.6 Å². The number of methoxy groups -OCH3 is 1. The van der Waals surface area contributed by atoms with Gasteiger partial charge in [0, 0.05) is 33.7 Å². The van der Waals surface area contributed by atoms with Gasteiger partial charge in [-0.1, -0.05) is 35.6 Å². The summed E-state index contributed by atoms with van der Waals surface area (Å²) in [7, 11) is 1.56. The highest BCUT2D eigenvalue weighted by atomic mass is 32.2. The molecule has 2 saturated carbocycles. The number of aromatic nitrogens is 1. The number of hydrogen-bond acceptors (Lipinski definition) is 9. The number of aromatic amines is 1. The molecule has 10 nitrogen and oxygen atoms in total. The van der Waals surface area contributed by atoms with E-state index < -0.39 is 22.7 Å². The molecule has 12 heteroatoms. The molecule has 2 aliphatic carbocycles. The number of nitrogens with zero attached hydrogens (tertiary/aromatic N) is 2. The second kappa shape index (κ2) is 10.8. The summed E-state index contributed by atoms with van der Waals surface area (Å²) in [5, 5.41) is 12.7. The molecule has 0 radical (unpaired) electrons. The van der Waals surface area contributed by atoms with E-state index in [1.807, 2.05) is 31.2 Å². The normalized spacial score (nSPS) is 27.3. The average molecular weight is 656 g/mol. The number of hydrogen-bond donors (Lipinski definition) is 1. The zero-order chi connectivity index (χ0) is 31.9. The number of carbonyl (C=O) groups is 2. The number of amides is 2. The lowest BCUT2D eigenvalue weighted by Crippen LogP contribution is -2.42. The lowest BCUT2D eigenvalue weighted by molar-refractivity contribution is -0.385. The number of aryl methyl sites for hydroxylation is 1. The molecule has 8 rings (SSSR count). The minimum Gasteiger partial charge on any atom is -0.497 e. The lowest BCUT2D eigenvalue weighted by atomic mass is 9.68. The van der Waals surface area contributed by atoms with Gasteiger partial charge in [-0.15, -0.1) is 11.8 Å². The molecule has 0 spiro atoms. The second-order valence-corrected chi connectivity index (χ2v) is 14.6. The molecule has 3 fully saturated rings. The van der Waals surface area contributed by atoms with Gasteiger partial charge in [0.15, 0.2) is 0 Å². The average Bonchev–Trinajstić information content (AvgIpc) is 3.79.